The van der Waals surface area contributed by atoms with Crippen molar-refractivity contribution < 1.29 is 10.2 Å². The average Bonchev–Trinajstić information content (AvgIpc) is 2.13. The van der Waals surface area contributed by atoms with Crippen molar-refractivity contribution in [3.05, 3.63) is 21.1 Å². The Balaban J connectivity index is 2.37. The van der Waals surface area contributed by atoms with Crippen molar-refractivity contribution in [2.24, 2.45) is 0 Å². The summed E-state index contributed by atoms with van der Waals surface area (Å²) in [5.74, 6) is 0. The Bertz CT molecular complexity index is 175. The first-order valence-electron chi connectivity index (χ1n) is 2.77. The SMILES string of the molecule is C=C1SC=C(CC(O)O)S1. The topological polar surface area (TPSA) is 40.5 Å². The van der Waals surface area contributed by atoms with Crippen molar-refractivity contribution >= 4 is 23.5 Å². The fourth-order valence-electron chi connectivity index (χ4n) is 0.595. The fraction of sp³-hybridized carbons (Fsp3) is 0.333. The van der Waals surface area contributed by atoms with E-state index in [-0.39, 0.29) is 0 Å². The van der Waals surface area contributed by atoms with Crippen LogP contribution in [0.3, 0.4) is 0 Å². The summed E-state index contributed by atoms with van der Waals surface area (Å²) in [6.45, 7) is 3.72. The quantitative estimate of drug-likeness (QED) is 0.625. The molecule has 0 aromatic carbocycles. The molecule has 0 spiro atoms. The molecule has 0 unspecified atom stereocenters. The zero-order chi connectivity index (χ0) is 7.56. The molecule has 0 atom stereocenters. The highest BCUT2D eigenvalue weighted by atomic mass is 32.2. The van der Waals surface area contributed by atoms with Gasteiger partial charge in [-0.15, -0.1) is 0 Å². The van der Waals surface area contributed by atoms with E-state index in [2.05, 4.69) is 6.58 Å². The lowest BCUT2D eigenvalue weighted by Crippen LogP contribution is -2.02. The summed E-state index contributed by atoms with van der Waals surface area (Å²) in [7, 11) is 0. The Morgan fingerprint density at radius 3 is 2.70 bits per heavy atom. The van der Waals surface area contributed by atoms with Crippen LogP contribution in [0.2, 0.25) is 0 Å². The first kappa shape index (κ1) is 8.20. The van der Waals surface area contributed by atoms with Crippen molar-refractivity contribution in [2.75, 3.05) is 0 Å². The van der Waals surface area contributed by atoms with Gasteiger partial charge in [0.05, 0.1) is 0 Å². The molecular formula is C6H8O2S2. The minimum Gasteiger partial charge on any atom is -0.368 e. The summed E-state index contributed by atoms with van der Waals surface area (Å²) in [6, 6.07) is 0. The van der Waals surface area contributed by atoms with Crippen molar-refractivity contribution in [3.63, 3.8) is 0 Å². The summed E-state index contributed by atoms with van der Waals surface area (Å²) < 4.78 is 0.996. The number of aliphatic hydroxyl groups excluding tert-OH is 1. The van der Waals surface area contributed by atoms with Gasteiger partial charge in [-0.2, -0.15) is 0 Å². The van der Waals surface area contributed by atoms with E-state index in [4.69, 9.17) is 10.2 Å². The Hall–Kier alpha value is 0.1000. The molecule has 0 aromatic heterocycles. The first-order valence-corrected chi connectivity index (χ1v) is 4.46. The van der Waals surface area contributed by atoms with Crippen molar-refractivity contribution in [1.82, 2.24) is 0 Å². The van der Waals surface area contributed by atoms with Gasteiger partial charge in [-0.3, -0.25) is 0 Å². The molecule has 1 heterocycles. The van der Waals surface area contributed by atoms with Crippen LogP contribution < -0.4 is 0 Å². The summed E-state index contributed by atoms with van der Waals surface area (Å²) in [4.78, 5) is 0.977. The van der Waals surface area contributed by atoms with Crippen LogP contribution in [0.1, 0.15) is 6.42 Å². The molecule has 4 heteroatoms. The van der Waals surface area contributed by atoms with E-state index in [1.807, 2.05) is 5.41 Å². The lowest BCUT2D eigenvalue weighted by Gasteiger charge is -2.01. The number of hydrogen-bond donors (Lipinski definition) is 2. The van der Waals surface area contributed by atoms with E-state index in [1.54, 1.807) is 0 Å². The van der Waals surface area contributed by atoms with Crippen molar-refractivity contribution in [1.29, 1.82) is 0 Å². The Morgan fingerprint density at radius 2 is 2.30 bits per heavy atom. The van der Waals surface area contributed by atoms with Crippen LogP contribution in [0.5, 0.6) is 0 Å². The van der Waals surface area contributed by atoms with Gasteiger partial charge < -0.3 is 10.2 Å². The van der Waals surface area contributed by atoms with Crippen LogP contribution in [0.4, 0.5) is 0 Å². The molecule has 2 nitrogen and oxygen atoms in total. The highest BCUT2D eigenvalue weighted by Crippen LogP contribution is 2.43. The van der Waals surface area contributed by atoms with Crippen LogP contribution in [0.25, 0.3) is 0 Å². The summed E-state index contributed by atoms with van der Waals surface area (Å²) in [5.41, 5.74) is 0. The van der Waals surface area contributed by atoms with Gasteiger partial charge in [0.1, 0.15) is 0 Å². The van der Waals surface area contributed by atoms with Gasteiger partial charge >= 0.3 is 0 Å². The molecular weight excluding hydrogens is 168 g/mol. The van der Waals surface area contributed by atoms with E-state index in [0.717, 1.165) is 9.14 Å². The van der Waals surface area contributed by atoms with E-state index in [1.165, 1.54) is 23.5 Å². The van der Waals surface area contributed by atoms with Gasteiger partial charge in [-0.05, 0) is 5.41 Å². The zero-order valence-electron chi connectivity index (χ0n) is 5.28. The maximum absolute atomic E-state index is 8.56. The molecule has 0 fully saturated rings. The lowest BCUT2D eigenvalue weighted by atomic mass is 10.4. The summed E-state index contributed by atoms with van der Waals surface area (Å²) in [5, 5.41) is 19.0. The molecule has 1 rings (SSSR count). The van der Waals surface area contributed by atoms with Gasteiger partial charge in [-0.25, -0.2) is 0 Å². The lowest BCUT2D eigenvalue weighted by molar-refractivity contribution is -0.0366. The standard InChI is InChI=1S/C6H8O2S2/c1-4-9-3-5(10-4)2-6(7)8/h3,6-8H,1-2H2. The Morgan fingerprint density at radius 1 is 1.60 bits per heavy atom. The number of hydrogen-bond acceptors (Lipinski definition) is 4. The van der Waals surface area contributed by atoms with Crippen LogP contribution in [-0.4, -0.2) is 16.5 Å². The predicted molar refractivity (Wildman–Crippen MR) is 45.2 cm³/mol. The molecule has 0 aromatic rings. The van der Waals surface area contributed by atoms with Gasteiger partial charge in [-0.1, -0.05) is 30.1 Å². The Kier molecular flexibility index (Phi) is 2.85. The largest absolute Gasteiger partial charge is 0.368 e. The third-order valence-corrected chi connectivity index (χ3v) is 3.08. The van der Waals surface area contributed by atoms with E-state index in [0.29, 0.717) is 6.42 Å². The van der Waals surface area contributed by atoms with Crippen LogP contribution in [-0.2, 0) is 0 Å². The molecule has 1 aliphatic rings. The second-order valence-corrected chi connectivity index (χ2v) is 4.30. The maximum Gasteiger partial charge on any atom is 0.156 e. The Labute approximate surface area is 68.0 Å². The van der Waals surface area contributed by atoms with E-state index < -0.39 is 6.29 Å². The van der Waals surface area contributed by atoms with Crippen LogP contribution in [0, 0.1) is 0 Å². The maximum atomic E-state index is 8.56. The highest BCUT2D eigenvalue weighted by Gasteiger charge is 2.11. The third-order valence-electron chi connectivity index (χ3n) is 0.951. The predicted octanol–water partition coefficient (Wildman–Crippen LogP) is 1.48. The monoisotopic (exact) mass is 176 g/mol. The second kappa shape index (κ2) is 3.48. The van der Waals surface area contributed by atoms with E-state index >= 15 is 0 Å². The van der Waals surface area contributed by atoms with E-state index in [9.17, 15) is 0 Å². The van der Waals surface area contributed by atoms with Gasteiger partial charge in [0.15, 0.2) is 6.29 Å². The smallest absolute Gasteiger partial charge is 0.156 e. The van der Waals surface area contributed by atoms with Crippen molar-refractivity contribution in [2.45, 2.75) is 12.7 Å². The molecule has 56 valence electrons. The third kappa shape index (κ3) is 2.38. The minimum atomic E-state index is -1.23. The molecule has 10 heavy (non-hydrogen) atoms. The molecule has 1 aliphatic heterocycles. The van der Waals surface area contributed by atoms with Crippen molar-refractivity contribution in [3.8, 4) is 0 Å². The molecule has 0 radical (unpaired) electrons. The molecule has 0 bridgehead atoms. The first-order chi connectivity index (χ1) is 4.68. The minimum absolute atomic E-state index is 0.316. The molecule has 2 N–H and O–H groups in total. The molecule has 0 saturated carbocycles. The highest BCUT2D eigenvalue weighted by molar-refractivity contribution is 8.27. The molecule has 0 saturated heterocycles. The van der Waals surface area contributed by atoms with Gasteiger partial charge in [0, 0.05) is 15.6 Å². The second-order valence-electron chi connectivity index (χ2n) is 1.86. The summed E-state index contributed by atoms with van der Waals surface area (Å²) >= 11 is 3.04. The number of aliphatic hydroxyl groups is 2. The van der Waals surface area contributed by atoms with Gasteiger partial charge in [0.2, 0.25) is 0 Å². The van der Waals surface area contributed by atoms with Gasteiger partial charge in [0.25, 0.3) is 0 Å². The molecule has 0 amide bonds. The number of thioether (sulfide) groups is 2. The summed E-state index contributed by atoms with van der Waals surface area (Å²) in [6.07, 6.45) is -0.915. The fourth-order valence-corrected chi connectivity index (χ4v) is 2.47. The average molecular weight is 176 g/mol. The zero-order valence-corrected chi connectivity index (χ0v) is 6.91. The molecule has 0 aliphatic carbocycles. The normalized spacial score (nSPS) is 18.3. The van der Waals surface area contributed by atoms with Crippen LogP contribution >= 0.6 is 23.5 Å². The van der Waals surface area contributed by atoms with Crippen LogP contribution in [0.15, 0.2) is 21.1 Å². The number of rotatable bonds is 2.